The minimum Gasteiger partial charge on any atom is -0.329 e. The van der Waals surface area contributed by atoms with Crippen LogP contribution in [0.25, 0.3) is 0 Å². The van der Waals surface area contributed by atoms with Crippen LogP contribution >= 0.6 is 0 Å². The normalized spacial score (nSPS) is 14.5. The van der Waals surface area contributed by atoms with Crippen LogP contribution in [0.4, 0.5) is 0 Å². The molecule has 1 unspecified atom stereocenters. The van der Waals surface area contributed by atoms with Crippen molar-refractivity contribution < 1.29 is 17.8 Å². The van der Waals surface area contributed by atoms with Crippen molar-refractivity contribution in [3.63, 3.8) is 0 Å². The summed E-state index contributed by atoms with van der Waals surface area (Å²) < 4.78 is 29.3. The zero-order chi connectivity index (χ0) is 9.07. The number of Topliss-reactive ketones (excluding diaryl/α,β-unsaturated/α-hetero) is 1. The Bertz CT molecular complexity index is 233. The van der Waals surface area contributed by atoms with E-state index in [9.17, 15) is 13.2 Å². The van der Waals surface area contributed by atoms with E-state index in [-0.39, 0.29) is 13.0 Å². The molecule has 0 aliphatic carbocycles. The summed E-state index contributed by atoms with van der Waals surface area (Å²) in [6.07, 6.45) is 0.0572. The van der Waals surface area contributed by atoms with E-state index < -0.39 is 21.2 Å². The molecule has 0 aromatic carbocycles. The summed E-state index contributed by atoms with van der Waals surface area (Å²) in [5.74, 6) is -0.560. The zero-order valence-electron chi connectivity index (χ0n) is 6.15. The highest BCUT2D eigenvalue weighted by Gasteiger charge is 2.27. The van der Waals surface area contributed by atoms with Crippen molar-refractivity contribution in [3.05, 3.63) is 0 Å². The second kappa shape index (κ2) is 3.80. The van der Waals surface area contributed by atoms with Crippen LogP contribution in [-0.2, 0) is 14.9 Å². The lowest BCUT2D eigenvalue weighted by atomic mass is 10.2. The molecule has 0 heterocycles. The number of nitrogens with two attached hydrogens (primary N) is 1. The smallest absolute Gasteiger partial charge is 0.276 e. The quantitative estimate of drug-likeness (QED) is 0.552. The maximum Gasteiger partial charge on any atom is 0.276 e. The molecule has 5 nitrogen and oxygen atoms in total. The van der Waals surface area contributed by atoms with Gasteiger partial charge in [-0.05, 0) is 0 Å². The number of carbonyl (C=O) groups excluding carboxylic acids is 1. The molecule has 66 valence electrons. The van der Waals surface area contributed by atoms with Gasteiger partial charge in [0.25, 0.3) is 10.1 Å². The van der Waals surface area contributed by atoms with Gasteiger partial charge in [0, 0.05) is 13.0 Å². The summed E-state index contributed by atoms with van der Waals surface area (Å²) in [4.78, 5) is 10.8. The first-order valence-electron chi connectivity index (χ1n) is 3.12. The van der Waals surface area contributed by atoms with Crippen LogP contribution in [0.3, 0.4) is 0 Å². The molecular formula is C5H11NO4S. The first-order valence-corrected chi connectivity index (χ1v) is 4.62. The van der Waals surface area contributed by atoms with Gasteiger partial charge in [0.2, 0.25) is 0 Å². The van der Waals surface area contributed by atoms with Crippen LogP contribution in [0.1, 0.15) is 13.3 Å². The van der Waals surface area contributed by atoms with Crippen LogP contribution in [0.2, 0.25) is 0 Å². The first-order chi connectivity index (χ1) is 4.93. The first kappa shape index (κ1) is 10.5. The van der Waals surface area contributed by atoms with Crippen molar-refractivity contribution >= 4 is 15.9 Å². The molecule has 0 aromatic rings. The summed E-state index contributed by atoms with van der Waals surface area (Å²) >= 11 is 0. The predicted octanol–water partition coefficient (Wildman–Crippen LogP) is -0.819. The third kappa shape index (κ3) is 2.96. The van der Waals surface area contributed by atoms with E-state index in [4.69, 9.17) is 10.3 Å². The van der Waals surface area contributed by atoms with E-state index in [2.05, 4.69) is 0 Å². The van der Waals surface area contributed by atoms with Crippen LogP contribution in [-0.4, -0.2) is 30.5 Å². The fraction of sp³-hybridized carbons (Fsp3) is 0.800. The molecule has 0 radical (unpaired) electrons. The fourth-order valence-corrected chi connectivity index (χ4v) is 1.39. The summed E-state index contributed by atoms with van der Waals surface area (Å²) in [5.41, 5.74) is 4.98. The van der Waals surface area contributed by atoms with Gasteiger partial charge >= 0.3 is 0 Å². The van der Waals surface area contributed by atoms with Crippen molar-refractivity contribution in [2.75, 3.05) is 6.54 Å². The van der Waals surface area contributed by atoms with E-state index in [0.717, 1.165) is 0 Å². The Morgan fingerprint density at radius 1 is 1.64 bits per heavy atom. The number of hydrogen-bond donors (Lipinski definition) is 2. The Kier molecular flexibility index (Phi) is 3.64. The summed E-state index contributed by atoms with van der Waals surface area (Å²) in [5, 5.41) is -1.45. The molecule has 0 saturated heterocycles. The summed E-state index contributed by atoms with van der Waals surface area (Å²) in [6, 6.07) is 0. The van der Waals surface area contributed by atoms with E-state index in [1.165, 1.54) is 6.92 Å². The van der Waals surface area contributed by atoms with Crippen molar-refractivity contribution in [2.45, 2.75) is 18.6 Å². The Hall–Kier alpha value is -0.460. The fourth-order valence-electron chi connectivity index (χ4n) is 0.647. The van der Waals surface area contributed by atoms with Gasteiger partial charge in [0.15, 0.2) is 11.0 Å². The molecule has 3 N–H and O–H groups in total. The lowest BCUT2D eigenvalue weighted by Gasteiger charge is -2.07. The van der Waals surface area contributed by atoms with Gasteiger partial charge in [-0.2, -0.15) is 8.42 Å². The van der Waals surface area contributed by atoms with E-state index in [0.29, 0.717) is 0 Å². The Balaban J connectivity index is 4.56. The Morgan fingerprint density at radius 3 is 2.18 bits per heavy atom. The van der Waals surface area contributed by atoms with E-state index in [1.54, 1.807) is 0 Å². The number of hydrogen-bond acceptors (Lipinski definition) is 4. The number of ketones is 1. The van der Waals surface area contributed by atoms with Gasteiger partial charge in [-0.1, -0.05) is 6.92 Å². The highest BCUT2D eigenvalue weighted by atomic mass is 32.2. The summed E-state index contributed by atoms with van der Waals surface area (Å²) in [6.45, 7) is 1.14. The zero-order valence-corrected chi connectivity index (χ0v) is 6.97. The third-order valence-electron chi connectivity index (χ3n) is 1.28. The highest BCUT2D eigenvalue weighted by Crippen LogP contribution is 2.00. The van der Waals surface area contributed by atoms with E-state index in [1.807, 2.05) is 0 Å². The number of rotatable bonds is 4. The summed E-state index contributed by atoms with van der Waals surface area (Å²) in [7, 11) is -4.30. The van der Waals surface area contributed by atoms with Gasteiger partial charge in [-0.25, -0.2) is 0 Å². The molecule has 0 bridgehead atoms. The Labute approximate surface area is 65.3 Å². The number of carbonyl (C=O) groups is 1. The van der Waals surface area contributed by atoms with E-state index >= 15 is 0 Å². The van der Waals surface area contributed by atoms with Crippen LogP contribution < -0.4 is 5.73 Å². The van der Waals surface area contributed by atoms with Crippen molar-refractivity contribution in [1.29, 1.82) is 0 Å². The molecular weight excluding hydrogens is 170 g/mol. The second-order valence-electron chi connectivity index (χ2n) is 2.06. The second-order valence-corrected chi connectivity index (χ2v) is 3.66. The maximum atomic E-state index is 10.8. The van der Waals surface area contributed by atoms with Crippen molar-refractivity contribution in [3.8, 4) is 0 Å². The molecule has 11 heavy (non-hydrogen) atoms. The van der Waals surface area contributed by atoms with Gasteiger partial charge in [0.1, 0.15) is 0 Å². The van der Waals surface area contributed by atoms with Crippen LogP contribution in [0.15, 0.2) is 0 Å². The molecule has 1 atom stereocenters. The molecule has 0 aromatic heterocycles. The highest BCUT2D eigenvalue weighted by molar-refractivity contribution is 7.87. The average Bonchev–Trinajstić information content (AvgIpc) is 1.86. The molecule has 0 amide bonds. The molecule has 6 heteroatoms. The predicted molar refractivity (Wildman–Crippen MR) is 39.7 cm³/mol. The molecule has 0 spiro atoms. The largest absolute Gasteiger partial charge is 0.329 e. The minimum atomic E-state index is -4.30. The monoisotopic (exact) mass is 181 g/mol. The maximum absolute atomic E-state index is 10.8. The van der Waals surface area contributed by atoms with Crippen molar-refractivity contribution in [1.82, 2.24) is 0 Å². The lowest BCUT2D eigenvalue weighted by molar-refractivity contribution is -0.118. The minimum absolute atomic E-state index is 0.0572. The third-order valence-corrected chi connectivity index (χ3v) is 2.46. The lowest BCUT2D eigenvalue weighted by Crippen LogP contribution is -2.36. The molecule has 0 aliphatic heterocycles. The van der Waals surface area contributed by atoms with Crippen molar-refractivity contribution in [2.24, 2.45) is 5.73 Å². The Morgan fingerprint density at radius 2 is 2.09 bits per heavy atom. The topological polar surface area (TPSA) is 97.5 Å². The molecule has 0 aliphatic rings. The molecule has 0 rings (SSSR count). The van der Waals surface area contributed by atoms with Crippen LogP contribution in [0, 0.1) is 0 Å². The van der Waals surface area contributed by atoms with Gasteiger partial charge in [0.05, 0.1) is 0 Å². The van der Waals surface area contributed by atoms with Gasteiger partial charge in [-0.15, -0.1) is 0 Å². The van der Waals surface area contributed by atoms with Gasteiger partial charge < -0.3 is 5.73 Å². The average molecular weight is 181 g/mol. The molecule has 0 fully saturated rings. The van der Waals surface area contributed by atoms with Crippen LogP contribution in [0.5, 0.6) is 0 Å². The standard InChI is InChI=1S/C5H11NO4S/c1-2-4(7)5(3-6)11(8,9)10/h5H,2-3,6H2,1H3,(H,8,9,10). The molecule has 0 saturated carbocycles. The SMILES string of the molecule is CCC(=O)C(CN)S(=O)(=O)O. The van der Waals surface area contributed by atoms with Gasteiger partial charge in [-0.3, -0.25) is 9.35 Å².